The highest BCUT2D eigenvalue weighted by atomic mass is 19.4. The highest BCUT2D eigenvalue weighted by Crippen LogP contribution is 2.34. The maximum atomic E-state index is 12.5. The van der Waals surface area contributed by atoms with Crippen molar-refractivity contribution >= 4 is 0 Å². The Morgan fingerprint density at radius 2 is 0.941 bits per heavy atom. The molecule has 104 valence electrons. The molecular formula is C8H10F8O. The van der Waals surface area contributed by atoms with Crippen molar-refractivity contribution in [3.63, 3.8) is 0 Å². The Hall–Kier alpha value is -0.600. The molecule has 0 aromatic heterocycles. The number of halogens is 8. The molecule has 4 atom stereocenters. The Kier molecular flexibility index (Phi) is 5.17. The molecule has 0 aliphatic carbocycles. The van der Waals surface area contributed by atoms with Crippen LogP contribution in [-0.2, 0) is 4.74 Å². The molecule has 0 fully saturated rings. The average molecular weight is 274 g/mol. The summed E-state index contributed by atoms with van der Waals surface area (Å²) in [4.78, 5) is 0. The molecule has 1 nitrogen and oxygen atoms in total. The van der Waals surface area contributed by atoms with Crippen LogP contribution in [0.25, 0.3) is 0 Å². The van der Waals surface area contributed by atoms with Crippen molar-refractivity contribution in [2.45, 2.75) is 50.8 Å². The maximum Gasteiger partial charge on any atom is 0.417 e. The zero-order valence-electron chi connectivity index (χ0n) is 8.74. The number of hydrogen-bond donors (Lipinski definition) is 0. The van der Waals surface area contributed by atoms with E-state index in [1.54, 1.807) is 0 Å². The van der Waals surface area contributed by atoms with Gasteiger partial charge in [-0.1, -0.05) is 0 Å². The molecule has 0 radical (unpaired) electrons. The lowest BCUT2D eigenvalue weighted by atomic mass is 10.2. The second kappa shape index (κ2) is 5.36. The van der Waals surface area contributed by atoms with Crippen molar-refractivity contribution < 1.29 is 39.9 Å². The highest BCUT2D eigenvalue weighted by molar-refractivity contribution is 4.81. The minimum absolute atomic E-state index is 0.383. The monoisotopic (exact) mass is 274 g/mol. The summed E-state index contributed by atoms with van der Waals surface area (Å²) in [5.74, 6) is 0. The summed E-state index contributed by atoms with van der Waals surface area (Å²) in [6.07, 6.45) is -22.8. The van der Waals surface area contributed by atoms with Crippen LogP contribution >= 0.6 is 0 Å². The van der Waals surface area contributed by atoms with Crippen molar-refractivity contribution in [1.82, 2.24) is 0 Å². The van der Waals surface area contributed by atoms with Crippen molar-refractivity contribution in [2.24, 2.45) is 0 Å². The Morgan fingerprint density at radius 1 is 0.706 bits per heavy atom. The lowest BCUT2D eigenvalue weighted by molar-refractivity contribution is -0.304. The molecule has 0 aliphatic rings. The largest absolute Gasteiger partial charge is 0.417 e. The molecule has 17 heavy (non-hydrogen) atoms. The van der Waals surface area contributed by atoms with E-state index >= 15 is 0 Å². The van der Waals surface area contributed by atoms with Crippen LogP contribution in [0.2, 0.25) is 0 Å². The fourth-order valence-corrected chi connectivity index (χ4v) is 1.05. The van der Waals surface area contributed by atoms with Gasteiger partial charge in [0.1, 0.15) is 12.3 Å². The molecule has 0 rings (SSSR count). The molecular weight excluding hydrogens is 264 g/mol. The number of ether oxygens (including phenoxy) is 1. The molecule has 9 heteroatoms. The summed E-state index contributed by atoms with van der Waals surface area (Å²) in [7, 11) is 0. The van der Waals surface area contributed by atoms with E-state index in [4.69, 9.17) is 0 Å². The predicted molar refractivity (Wildman–Crippen MR) is 41.9 cm³/mol. The topological polar surface area (TPSA) is 9.23 Å². The summed E-state index contributed by atoms with van der Waals surface area (Å²) >= 11 is 0. The SMILES string of the molecule is CC(F)C(OC(C(C)F)C(F)(F)F)C(F)(F)F. The lowest BCUT2D eigenvalue weighted by Gasteiger charge is -2.29. The fourth-order valence-electron chi connectivity index (χ4n) is 1.05. The van der Waals surface area contributed by atoms with Gasteiger partial charge in [-0.15, -0.1) is 0 Å². The number of rotatable bonds is 4. The van der Waals surface area contributed by atoms with E-state index in [1.807, 2.05) is 0 Å². The Morgan fingerprint density at radius 3 is 1.06 bits per heavy atom. The summed E-state index contributed by atoms with van der Waals surface area (Å²) in [6.45, 7) is 0.767. The first-order valence-corrected chi connectivity index (χ1v) is 4.44. The van der Waals surface area contributed by atoms with Gasteiger partial charge in [-0.05, 0) is 13.8 Å². The van der Waals surface area contributed by atoms with Crippen LogP contribution in [0.15, 0.2) is 0 Å². The maximum absolute atomic E-state index is 12.5. The predicted octanol–water partition coefficient (Wildman–Crippen LogP) is 3.58. The normalized spacial score (nSPS) is 20.8. The first-order chi connectivity index (χ1) is 7.37. The molecule has 0 bridgehead atoms. The standard InChI is InChI=1S/C8H10F8O/c1-3(9)5(7(11,12)13)17-6(4(2)10)8(14,15)16/h3-6H,1-2H3. The third kappa shape index (κ3) is 5.05. The van der Waals surface area contributed by atoms with Crippen LogP contribution in [0.5, 0.6) is 0 Å². The lowest BCUT2D eigenvalue weighted by Crippen LogP contribution is -2.48. The number of alkyl halides is 8. The van der Waals surface area contributed by atoms with Gasteiger partial charge in [0, 0.05) is 0 Å². The second-order valence-corrected chi connectivity index (χ2v) is 3.42. The Bertz CT molecular complexity index is 207. The van der Waals surface area contributed by atoms with E-state index in [2.05, 4.69) is 4.74 Å². The molecule has 0 aromatic carbocycles. The van der Waals surface area contributed by atoms with E-state index in [1.165, 1.54) is 0 Å². The molecule has 0 spiro atoms. The third-order valence-corrected chi connectivity index (χ3v) is 1.77. The Balaban J connectivity index is 4.96. The van der Waals surface area contributed by atoms with E-state index in [9.17, 15) is 35.1 Å². The van der Waals surface area contributed by atoms with Gasteiger partial charge in [0.25, 0.3) is 0 Å². The van der Waals surface area contributed by atoms with Crippen LogP contribution < -0.4 is 0 Å². The van der Waals surface area contributed by atoms with Gasteiger partial charge < -0.3 is 4.74 Å². The first kappa shape index (κ1) is 16.4. The Labute approximate surface area is 91.7 Å². The quantitative estimate of drug-likeness (QED) is 0.712. The molecule has 0 amide bonds. The molecule has 0 heterocycles. The molecule has 0 saturated heterocycles. The van der Waals surface area contributed by atoms with Crippen molar-refractivity contribution in [2.75, 3.05) is 0 Å². The average Bonchev–Trinajstić information content (AvgIpc) is 1.96. The van der Waals surface area contributed by atoms with Crippen LogP contribution in [0.1, 0.15) is 13.8 Å². The van der Waals surface area contributed by atoms with Gasteiger partial charge in [-0.3, -0.25) is 0 Å². The van der Waals surface area contributed by atoms with Crippen molar-refractivity contribution in [1.29, 1.82) is 0 Å². The summed E-state index contributed by atoms with van der Waals surface area (Å²) < 4.78 is 101. The zero-order chi connectivity index (χ0) is 14.0. The van der Waals surface area contributed by atoms with E-state index in [0.717, 1.165) is 0 Å². The van der Waals surface area contributed by atoms with E-state index in [-0.39, 0.29) is 0 Å². The molecule has 4 unspecified atom stereocenters. The van der Waals surface area contributed by atoms with Crippen LogP contribution in [0.3, 0.4) is 0 Å². The minimum atomic E-state index is -5.34. The molecule has 0 aliphatic heterocycles. The zero-order valence-corrected chi connectivity index (χ0v) is 8.74. The highest BCUT2D eigenvalue weighted by Gasteiger charge is 2.53. The van der Waals surface area contributed by atoms with Crippen molar-refractivity contribution in [3.05, 3.63) is 0 Å². The minimum Gasteiger partial charge on any atom is -0.350 e. The van der Waals surface area contributed by atoms with E-state index in [0.29, 0.717) is 13.8 Å². The molecule has 0 aromatic rings. The molecule has 0 saturated carbocycles. The van der Waals surface area contributed by atoms with Gasteiger partial charge in [0.2, 0.25) is 0 Å². The van der Waals surface area contributed by atoms with Gasteiger partial charge in [-0.2, -0.15) is 26.3 Å². The summed E-state index contributed by atoms with van der Waals surface area (Å²) in [5, 5.41) is 0. The number of hydrogen-bond acceptors (Lipinski definition) is 1. The summed E-state index contributed by atoms with van der Waals surface area (Å²) in [6, 6.07) is 0. The van der Waals surface area contributed by atoms with Crippen LogP contribution in [0, 0.1) is 0 Å². The van der Waals surface area contributed by atoms with Crippen molar-refractivity contribution in [3.8, 4) is 0 Å². The van der Waals surface area contributed by atoms with Gasteiger partial charge >= 0.3 is 12.4 Å². The van der Waals surface area contributed by atoms with Gasteiger partial charge in [0.05, 0.1) is 0 Å². The first-order valence-electron chi connectivity index (χ1n) is 4.44. The van der Waals surface area contributed by atoms with Gasteiger partial charge in [-0.25, -0.2) is 8.78 Å². The smallest absolute Gasteiger partial charge is 0.350 e. The second-order valence-electron chi connectivity index (χ2n) is 3.42. The molecule has 0 N–H and O–H groups in total. The third-order valence-electron chi connectivity index (χ3n) is 1.77. The van der Waals surface area contributed by atoms with Gasteiger partial charge in [0.15, 0.2) is 12.2 Å². The van der Waals surface area contributed by atoms with E-state index < -0.39 is 36.9 Å². The summed E-state index contributed by atoms with van der Waals surface area (Å²) in [5.41, 5.74) is 0. The van der Waals surface area contributed by atoms with Crippen LogP contribution in [0.4, 0.5) is 35.1 Å². The fraction of sp³-hybridized carbons (Fsp3) is 1.00. The van der Waals surface area contributed by atoms with Crippen LogP contribution in [-0.4, -0.2) is 36.9 Å².